The smallest absolute Gasteiger partial charge is 0.0806 e. The van der Waals surface area contributed by atoms with E-state index in [0.29, 0.717) is 12.0 Å². The third kappa shape index (κ3) is 4.52. The maximum atomic E-state index is 5.94. The molecule has 0 aliphatic rings. The predicted molar refractivity (Wildman–Crippen MR) is 67.2 cm³/mol. The topological polar surface area (TPSA) is 21.3 Å². The molecule has 0 fully saturated rings. The van der Waals surface area contributed by atoms with Gasteiger partial charge in [-0.15, -0.1) is 0 Å². The van der Waals surface area contributed by atoms with Crippen LogP contribution in [0, 0.1) is 5.92 Å². The molecule has 0 spiro atoms. The molecule has 0 bridgehead atoms. The van der Waals surface area contributed by atoms with Crippen LogP contribution in [0.25, 0.3) is 0 Å². The van der Waals surface area contributed by atoms with Crippen molar-refractivity contribution in [3.05, 3.63) is 0 Å². The second-order valence-electron chi connectivity index (χ2n) is 4.78. The first-order chi connectivity index (χ1) is 7.01. The Morgan fingerprint density at radius 1 is 1.20 bits per heavy atom. The Morgan fingerprint density at radius 3 is 2.13 bits per heavy atom. The fourth-order valence-electron chi connectivity index (χ4n) is 2.20. The van der Waals surface area contributed by atoms with Crippen molar-refractivity contribution in [1.82, 2.24) is 5.32 Å². The van der Waals surface area contributed by atoms with Crippen LogP contribution in [0.15, 0.2) is 0 Å². The molecule has 1 N–H and O–H groups in total. The molecule has 92 valence electrons. The van der Waals surface area contributed by atoms with Crippen LogP contribution < -0.4 is 5.32 Å². The van der Waals surface area contributed by atoms with E-state index in [1.807, 2.05) is 0 Å². The minimum atomic E-state index is -0.0297. The number of ether oxygens (including phenoxy) is 1. The molecular formula is C13H29NO. The van der Waals surface area contributed by atoms with Crippen molar-refractivity contribution in [1.29, 1.82) is 0 Å². The number of hydrogen-bond acceptors (Lipinski definition) is 2. The summed E-state index contributed by atoms with van der Waals surface area (Å²) in [6, 6.07) is 0.447. The molecule has 0 amide bonds. The Morgan fingerprint density at radius 2 is 1.80 bits per heavy atom. The maximum absolute atomic E-state index is 5.94. The van der Waals surface area contributed by atoms with E-state index in [0.717, 1.165) is 19.6 Å². The zero-order valence-corrected chi connectivity index (χ0v) is 11.4. The van der Waals surface area contributed by atoms with Crippen molar-refractivity contribution in [3.8, 4) is 0 Å². The quantitative estimate of drug-likeness (QED) is 0.671. The second kappa shape index (κ2) is 7.24. The summed E-state index contributed by atoms with van der Waals surface area (Å²) in [4.78, 5) is 0. The SMILES string of the molecule is CCCNC(C(C)C)C(C)(CC)OCC. The minimum Gasteiger partial charge on any atom is -0.374 e. The van der Waals surface area contributed by atoms with Crippen molar-refractivity contribution in [2.75, 3.05) is 13.2 Å². The van der Waals surface area contributed by atoms with E-state index in [9.17, 15) is 0 Å². The van der Waals surface area contributed by atoms with Crippen LogP contribution in [0.3, 0.4) is 0 Å². The minimum absolute atomic E-state index is 0.0297. The second-order valence-corrected chi connectivity index (χ2v) is 4.78. The molecule has 15 heavy (non-hydrogen) atoms. The van der Waals surface area contributed by atoms with E-state index in [1.54, 1.807) is 0 Å². The standard InChI is InChI=1S/C13H29NO/c1-7-10-14-12(11(4)5)13(6,8-2)15-9-3/h11-12,14H,7-10H2,1-6H3. The van der Waals surface area contributed by atoms with Crippen molar-refractivity contribution in [3.63, 3.8) is 0 Å². The predicted octanol–water partition coefficient (Wildman–Crippen LogP) is 3.22. The Labute approximate surface area is 95.8 Å². The van der Waals surface area contributed by atoms with Gasteiger partial charge >= 0.3 is 0 Å². The number of hydrogen-bond donors (Lipinski definition) is 1. The Hall–Kier alpha value is -0.0800. The average Bonchev–Trinajstić information content (AvgIpc) is 2.18. The average molecular weight is 215 g/mol. The van der Waals surface area contributed by atoms with Gasteiger partial charge in [-0.3, -0.25) is 0 Å². The molecule has 0 saturated heterocycles. The summed E-state index contributed by atoms with van der Waals surface area (Å²) in [5.74, 6) is 0.605. The van der Waals surface area contributed by atoms with Gasteiger partial charge in [0.15, 0.2) is 0 Å². The van der Waals surface area contributed by atoms with Crippen molar-refractivity contribution < 1.29 is 4.74 Å². The summed E-state index contributed by atoms with van der Waals surface area (Å²) in [6.07, 6.45) is 2.23. The van der Waals surface area contributed by atoms with Crippen LogP contribution in [-0.4, -0.2) is 24.8 Å². The molecule has 2 unspecified atom stereocenters. The lowest BCUT2D eigenvalue weighted by molar-refractivity contribution is -0.0657. The number of rotatable bonds is 8. The van der Waals surface area contributed by atoms with Crippen molar-refractivity contribution in [2.45, 2.75) is 66.0 Å². The highest BCUT2D eigenvalue weighted by atomic mass is 16.5. The molecule has 0 aliphatic heterocycles. The van der Waals surface area contributed by atoms with Gasteiger partial charge in [0.05, 0.1) is 5.60 Å². The van der Waals surface area contributed by atoms with Crippen LogP contribution in [0.2, 0.25) is 0 Å². The monoisotopic (exact) mass is 215 g/mol. The van der Waals surface area contributed by atoms with E-state index in [1.165, 1.54) is 6.42 Å². The fraction of sp³-hybridized carbons (Fsp3) is 1.00. The first-order valence-corrected chi connectivity index (χ1v) is 6.39. The third-order valence-corrected chi connectivity index (χ3v) is 3.11. The normalized spacial score (nSPS) is 17.8. The molecule has 0 heterocycles. The molecule has 0 aromatic rings. The van der Waals surface area contributed by atoms with Gasteiger partial charge in [0.1, 0.15) is 0 Å². The Balaban J connectivity index is 4.53. The molecule has 0 aliphatic carbocycles. The van der Waals surface area contributed by atoms with Gasteiger partial charge in [-0.05, 0) is 39.2 Å². The molecule has 2 atom stereocenters. The molecule has 0 radical (unpaired) electrons. The van der Waals surface area contributed by atoms with Gasteiger partial charge in [0.2, 0.25) is 0 Å². The molecule has 2 heteroatoms. The number of nitrogens with one attached hydrogen (secondary N) is 1. The lowest BCUT2D eigenvalue weighted by Gasteiger charge is -2.40. The zero-order chi connectivity index (χ0) is 11.9. The van der Waals surface area contributed by atoms with Gasteiger partial charge in [-0.1, -0.05) is 27.7 Å². The van der Waals surface area contributed by atoms with Crippen LogP contribution in [-0.2, 0) is 4.74 Å². The molecular weight excluding hydrogens is 186 g/mol. The lowest BCUT2D eigenvalue weighted by atomic mass is 9.85. The van der Waals surface area contributed by atoms with E-state index >= 15 is 0 Å². The summed E-state index contributed by atoms with van der Waals surface area (Å²) in [6.45, 7) is 15.1. The molecule has 0 rings (SSSR count). The summed E-state index contributed by atoms with van der Waals surface area (Å²) in [7, 11) is 0. The molecule has 0 aromatic heterocycles. The largest absolute Gasteiger partial charge is 0.374 e. The highest BCUT2D eigenvalue weighted by Crippen LogP contribution is 2.25. The highest BCUT2D eigenvalue weighted by Gasteiger charge is 2.34. The lowest BCUT2D eigenvalue weighted by Crippen LogP contribution is -2.53. The molecule has 0 aromatic carbocycles. The van der Waals surface area contributed by atoms with Gasteiger partial charge < -0.3 is 10.1 Å². The molecule has 2 nitrogen and oxygen atoms in total. The summed E-state index contributed by atoms with van der Waals surface area (Å²) >= 11 is 0. The van der Waals surface area contributed by atoms with Crippen LogP contribution in [0.5, 0.6) is 0 Å². The Kier molecular flexibility index (Phi) is 7.20. The first kappa shape index (κ1) is 14.9. The summed E-state index contributed by atoms with van der Waals surface area (Å²) in [5.41, 5.74) is -0.0297. The highest BCUT2D eigenvalue weighted by molar-refractivity contribution is 4.90. The maximum Gasteiger partial charge on any atom is 0.0806 e. The van der Waals surface area contributed by atoms with E-state index < -0.39 is 0 Å². The van der Waals surface area contributed by atoms with Crippen molar-refractivity contribution in [2.24, 2.45) is 5.92 Å². The summed E-state index contributed by atoms with van der Waals surface area (Å²) in [5, 5.41) is 3.62. The van der Waals surface area contributed by atoms with Crippen molar-refractivity contribution >= 4 is 0 Å². The first-order valence-electron chi connectivity index (χ1n) is 6.39. The van der Waals surface area contributed by atoms with Gasteiger partial charge in [0, 0.05) is 12.6 Å². The van der Waals surface area contributed by atoms with Crippen LogP contribution in [0.4, 0.5) is 0 Å². The summed E-state index contributed by atoms with van der Waals surface area (Å²) < 4.78 is 5.94. The van der Waals surface area contributed by atoms with Gasteiger partial charge in [0.25, 0.3) is 0 Å². The van der Waals surface area contributed by atoms with Crippen LogP contribution in [0.1, 0.15) is 54.4 Å². The third-order valence-electron chi connectivity index (χ3n) is 3.11. The van der Waals surface area contributed by atoms with E-state index in [4.69, 9.17) is 4.74 Å². The van der Waals surface area contributed by atoms with E-state index in [2.05, 4.69) is 46.9 Å². The zero-order valence-electron chi connectivity index (χ0n) is 11.4. The van der Waals surface area contributed by atoms with E-state index in [-0.39, 0.29) is 5.60 Å². The van der Waals surface area contributed by atoms with Gasteiger partial charge in [-0.2, -0.15) is 0 Å². The fourth-order valence-corrected chi connectivity index (χ4v) is 2.20. The Bertz CT molecular complexity index is 159. The van der Waals surface area contributed by atoms with Crippen LogP contribution >= 0.6 is 0 Å². The molecule has 0 saturated carbocycles. The van der Waals surface area contributed by atoms with Gasteiger partial charge in [-0.25, -0.2) is 0 Å².